The van der Waals surface area contributed by atoms with E-state index in [2.05, 4.69) is 5.32 Å². The molecule has 0 bridgehead atoms. The molecule has 3 aromatic rings. The minimum absolute atomic E-state index is 0.213. The lowest BCUT2D eigenvalue weighted by molar-refractivity contribution is -0.118. The summed E-state index contributed by atoms with van der Waals surface area (Å²) in [6, 6.07) is 16.6. The summed E-state index contributed by atoms with van der Waals surface area (Å²) in [6.07, 6.45) is 0. The van der Waals surface area contributed by atoms with Crippen LogP contribution in [0.4, 0.5) is 10.1 Å². The summed E-state index contributed by atoms with van der Waals surface area (Å²) >= 11 is 6.02. The van der Waals surface area contributed by atoms with Gasteiger partial charge in [-0.2, -0.15) is 0 Å². The molecule has 0 aliphatic heterocycles. The van der Waals surface area contributed by atoms with Crippen LogP contribution in [0.3, 0.4) is 0 Å². The number of amides is 1. The van der Waals surface area contributed by atoms with Crippen LogP contribution in [-0.2, 0) is 4.79 Å². The maximum Gasteiger partial charge on any atom is 0.262 e. The second-order valence-electron chi connectivity index (χ2n) is 6.05. The van der Waals surface area contributed by atoms with Crippen LogP contribution in [0.15, 0.2) is 66.7 Å². The highest BCUT2D eigenvalue weighted by Crippen LogP contribution is 2.27. The van der Waals surface area contributed by atoms with E-state index in [4.69, 9.17) is 21.1 Å². The summed E-state index contributed by atoms with van der Waals surface area (Å²) in [5, 5.41) is 3.05. The van der Waals surface area contributed by atoms with Crippen LogP contribution in [0.5, 0.6) is 11.5 Å². The number of ketones is 1. The Labute approximate surface area is 172 Å². The minimum atomic E-state index is -0.402. The third-order valence-corrected chi connectivity index (χ3v) is 4.32. The number of carbonyl (C=O) groups excluding carboxylic acids is 2. The van der Waals surface area contributed by atoms with Crippen molar-refractivity contribution in [1.29, 1.82) is 0 Å². The first-order valence-corrected chi connectivity index (χ1v) is 9.00. The summed E-state index contributed by atoms with van der Waals surface area (Å²) in [5.74, 6) is -0.0522. The number of methoxy groups -OCH3 is 1. The Kier molecular flexibility index (Phi) is 6.46. The fraction of sp³-hybridized carbons (Fsp3) is 0.0909. The summed E-state index contributed by atoms with van der Waals surface area (Å²) in [5.41, 5.74) is 1.34. The molecular weight excluding hydrogens is 397 g/mol. The second-order valence-corrected chi connectivity index (χ2v) is 6.45. The van der Waals surface area contributed by atoms with Gasteiger partial charge >= 0.3 is 0 Å². The highest BCUT2D eigenvalue weighted by atomic mass is 35.5. The SMILES string of the molecule is COc1ccc(NC(=O)COc2ccc(C(=O)c3ccc(F)cc3)cc2)cc1Cl. The molecule has 5 nitrogen and oxygen atoms in total. The Balaban J connectivity index is 1.55. The van der Waals surface area contributed by atoms with Gasteiger partial charge in [0.2, 0.25) is 0 Å². The Hall–Kier alpha value is -3.38. The van der Waals surface area contributed by atoms with E-state index in [0.29, 0.717) is 33.3 Å². The molecule has 0 unspecified atom stereocenters. The van der Waals surface area contributed by atoms with Gasteiger partial charge in [0.25, 0.3) is 5.91 Å². The number of carbonyl (C=O) groups is 2. The van der Waals surface area contributed by atoms with Gasteiger partial charge < -0.3 is 14.8 Å². The molecule has 3 aromatic carbocycles. The van der Waals surface area contributed by atoms with Crippen molar-refractivity contribution in [2.45, 2.75) is 0 Å². The molecule has 0 spiro atoms. The van der Waals surface area contributed by atoms with E-state index < -0.39 is 5.82 Å². The van der Waals surface area contributed by atoms with Crippen molar-refractivity contribution in [3.05, 3.63) is 88.7 Å². The number of halogens is 2. The number of benzene rings is 3. The van der Waals surface area contributed by atoms with Gasteiger partial charge in [-0.3, -0.25) is 9.59 Å². The molecular formula is C22H17ClFNO4. The van der Waals surface area contributed by atoms with Crippen molar-refractivity contribution in [2.75, 3.05) is 19.0 Å². The average Bonchev–Trinajstić information content (AvgIpc) is 2.73. The van der Waals surface area contributed by atoms with E-state index in [9.17, 15) is 14.0 Å². The Morgan fingerprint density at radius 3 is 2.17 bits per heavy atom. The lowest BCUT2D eigenvalue weighted by Crippen LogP contribution is -2.20. The summed E-state index contributed by atoms with van der Waals surface area (Å²) in [4.78, 5) is 24.4. The minimum Gasteiger partial charge on any atom is -0.495 e. The number of ether oxygens (including phenoxy) is 2. The molecule has 0 saturated heterocycles. The number of hydrogen-bond donors (Lipinski definition) is 1. The van der Waals surface area contributed by atoms with E-state index in [1.807, 2.05) is 0 Å². The largest absolute Gasteiger partial charge is 0.495 e. The van der Waals surface area contributed by atoms with Crippen LogP contribution in [0, 0.1) is 5.82 Å². The molecule has 0 fully saturated rings. The van der Waals surface area contributed by atoms with Gasteiger partial charge in [0.15, 0.2) is 12.4 Å². The molecule has 0 aliphatic carbocycles. The normalized spacial score (nSPS) is 10.3. The average molecular weight is 414 g/mol. The van der Waals surface area contributed by atoms with E-state index in [0.717, 1.165) is 0 Å². The van der Waals surface area contributed by atoms with E-state index in [1.54, 1.807) is 42.5 Å². The van der Waals surface area contributed by atoms with Crippen molar-refractivity contribution in [3.63, 3.8) is 0 Å². The summed E-state index contributed by atoms with van der Waals surface area (Å²) in [6.45, 7) is -0.213. The summed E-state index contributed by atoms with van der Waals surface area (Å²) in [7, 11) is 1.51. The highest BCUT2D eigenvalue weighted by molar-refractivity contribution is 6.32. The zero-order valence-electron chi connectivity index (χ0n) is 15.4. The fourth-order valence-electron chi connectivity index (χ4n) is 2.56. The van der Waals surface area contributed by atoms with Gasteiger partial charge in [-0.05, 0) is 66.7 Å². The van der Waals surface area contributed by atoms with Crippen LogP contribution in [0.2, 0.25) is 5.02 Å². The predicted molar refractivity (Wildman–Crippen MR) is 108 cm³/mol. The van der Waals surface area contributed by atoms with Crippen LogP contribution in [-0.4, -0.2) is 25.4 Å². The van der Waals surface area contributed by atoms with Gasteiger partial charge in [-0.1, -0.05) is 11.6 Å². The third kappa shape index (κ3) is 5.33. The molecule has 0 aliphatic rings. The van der Waals surface area contributed by atoms with Crippen molar-refractivity contribution in [1.82, 2.24) is 0 Å². The molecule has 7 heteroatoms. The zero-order valence-corrected chi connectivity index (χ0v) is 16.2. The van der Waals surface area contributed by atoms with E-state index >= 15 is 0 Å². The lowest BCUT2D eigenvalue weighted by atomic mass is 10.0. The molecule has 0 atom stereocenters. The maximum atomic E-state index is 13.0. The predicted octanol–water partition coefficient (Wildman–Crippen LogP) is 4.74. The summed E-state index contributed by atoms with van der Waals surface area (Å²) < 4.78 is 23.5. The third-order valence-electron chi connectivity index (χ3n) is 4.03. The molecule has 3 rings (SSSR count). The van der Waals surface area contributed by atoms with Gasteiger partial charge in [0.05, 0.1) is 12.1 Å². The van der Waals surface area contributed by atoms with Gasteiger partial charge in [0, 0.05) is 16.8 Å². The standard InChI is InChI=1S/C22H17ClFNO4/c1-28-20-11-8-17(12-19(20)23)25-21(26)13-29-18-9-4-15(5-10-18)22(27)14-2-6-16(24)7-3-14/h2-12H,13H2,1H3,(H,25,26). The highest BCUT2D eigenvalue weighted by Gasteiger charge is 2.10. The van der Waals surface area contributed by atoms with Crippen molar-refractivity contribution < 1.29 is 23.5 Å². The smallest absolute Gasteiger partial charge is 0.262 e. The second kappa shape index (κ2) is 9.21. The Bertz CT molecular complexity index is 1020. The number of hydrogen-bond acceptors (Lipinski definition) is 4. The molecule has 0 heterocycles. The maximum absolute atomic E-state index is 13.0. The molecule has 1 amide bonds. The number of anilines is 1. The molecule has 0 aromatic heterocycles. The Morgan fingerprint density at radius 1 is 0.966 bits per heavy atom. The first kappa shape index (κ1) is 20.4. The molecule has 148 valence electrons. The number of nitrogens with one attached hydrogen (secondary N) is 1. The number of rotatable bonds is 7. The Morgan fingerprint density at radius 2 is 1.59 bits per heavy atom. The van der Waals surface area contributed by atoms with Gasteiger partial charge in [0.1, 0.15) is 17.3 Å². The van der Waals surface area contributed by atoms with Crippen LogP contribution in [0.1, 0.15) is 15.9 Å². The van der Waals surface area contributed by atoms with Gasteiger partial charge in [-0.15, -0.1) is 0 Å². The van der Waals surface area contributed by atoms with Gasteiger partial charge in [-0.25, -0.2) is 4.39 Å². The van der Waals surface area contributed by atoms with Crippen molar-refractivity contribution in [2.24, 2.45) is 0 Å². The molecule has 0 radical (unpaired) electrons. The first-order chi connectivity index (χ1) is 14.0. The van der Waals surface area contributed by atoms with E-state index in [1.165, 1.54) is 31.4 Å². The van der Waals surface area contributed by atoms with Crippen molar-refractivity contribution in [3.8, 4) is 11.5 Å². The monoisotopic (exact) mass is 413 g/mol. The molecule has 0 saturated carbocycles. The fourth-order valence-corrected chi connectivity index (χ4v) is 2.82. The molecule has 1 N–H and O–H groups in total. The topological polar surface area (TPSA) is 64.6 Å². The lowest BCUT2D eigenvalue weighted by Gasteiger charge is -2.09. The van der Waals surface area contributed by atoms with E-state index in [-0.39, 0.29) is 18.3 Å². The van der Waals surface area contributed by atoms with Crippen LogP contribution >= 0.6 is 11.6 Å². The van der Waals surface area contributed by atoms with Crippen LogP contribution in [0.25, 0.3) is 0 Å². The zero-order chi connectivity index (χ0) is 20.8. The van der Waals surface area contributed by atoms with Crippen molar-refractivity contribution >= 4 is 29.0 Å². The molecule has 29 heavy (non-hydrogen) atoms. The first-order valence-electron chi connectivity index (χ1n) is 8.63. The van der Waals surface area contributed by atoms with Crippen LogP contribution < -0.4 is 14.8 Å². The quantitative estimate of drug-likeness (QED) is 0.568.